The number of aliphatic hydroxyl groups excluding tert-OH is 3. The first-order chi connectivity index (χ1) is 50.3. The molecule has 106 heavy (non-hydrogen) atoms. The molecule has 10 N–H and O–H groups in total. The predicted molar refractivity (Wildman–Crippen MR) is 401 cm³/mol. The van der Waals surface area contributed by atoms with Crippen molar-refractivity contribution < 1.29 is 102 Å². The first kappa shape index (κ1) is 91.1. The monoisotopic (exact) mass is 1510 g/mol. The molecule has 30 heteroatoms. The average molecular weight is 1510 g/mol. The van der Waals surface area contributed by atoms with Crippen LogP contribution in [0.25, 0.3) is 0 Å². The first-order valence-electron chi connectivity index (χ1n) is 36.6. The van der Waals surface area contributed by atoms with E-state index in [0.29, 0.717) is 43.7 Å². The minimum absolute atomic E-state index is 0.0258. The van der Waals surface area contributed by atoms with Gasteiger partial charge in [-0.05, 0) is 114 Å². The number of aliphatic hydroxyl groups is 3. The van der Waals surface area contributed by atoms with Crippen molar-refractivity contribution in [1.29, 1.82) is 0 Å². The molecule has 2 fully saturated rings. The fourth-order valence-electron chi connectivity index (χ4n) is 12.7. The molecule has 2 aromatic rings. The van der Waals surface area contributed by atoms with E-state index in [9.17, 15) is 58.8 Å². The number of carbonyl (C=O) groups is 8. The van der Waals surface area contributed by atoms with Crippen LogP contribution in [0, 0.1) is 23.7 Å². The van der Waals surface area contributed by atoms with E-state index in [1.165, 1.54) is 60.2 Å². The van der Waals surface area contributed by atoms with Gasteiger partial charge in [-0.1, -0.05) is 120 Å². The lowest BCUT2D eigenvalue weighted by molar-refractivity contribution is -0.271. The van der Waals surface area contributed by atoms with Crippen LogP contribution in [-0.2, 0) is 75.1 Å². The van der Waals surface area contributed by atoms with Crippen molar-refractivity contribution in [3.05, 3.63) is 88.5 Å². The standard InChI is InChI=1S/C76H120N8O21S/c1-16-49(8)63(59(98-14)42-60(85)84-33-21-26-57(84)67(99-15)52(11)69(89)79-51(10)40-53-24-18-17-19-25-53)82(12)72(92)61(45(2)3)80-71(91)62(46(4)5)83(13)76(97)102-43-54-29-30-58(104-75-66(88)64(86)65(87)68(105-75)74(95)96)55(41-54)70(90)78-32-34-100-35-36-101-37-38-103-81-50(9)28-27-47(6)22-20-23-48(7)31-39-106-44-56(77)73(93)94/h17-19,22,24-25,29-31,41,45-46,49,51-52,56-57,59,61-68,75,86-88H,16,20-21,23,26-28,32-40,42-44,77H2,1-15H3,(H,78,90)(H,79,89)(H,80,91)(H,93,94)(H,95,96)/b47-22+,48-31+,81-50+/t49-,51+,52+,56-,57-,59+,61-,62-,63-,64-,65-,66+,67+,68-,75+/m0/s1. The maximum absolute atomic E-state index is 14.9. The van der Waals surface area contributed by atoms with Gasteiger partial charge in [-0.2, -0.15) is 11.8 Å². The number of carbonyl (C=O) groups excluding carboxylic acids is 6. The topological polar surface area (TPSA) is 396 Å². The molecule has 0 aromatic heterocycles. The SMILES string of the molecule is CC[C@H](C)[C@@H]([C@@H](CC(=O)N1CCC[C@H]1[C@H](OC)[C@@H](C)C(=O)N[C@H](C)Cc1ccccc1)OC)N(C)C(=O)[C@@H](NC(=O)[C@H](C(C)C)N(C)C(=O)OCc1ccc(O[C@@H]2O[C@H](C(=O)O)[C@@H](O)[C@H](O)[C@H]2O)c(C(=O)NCCOCCOCCO/N=C(\C)CC/C(C)=C/CC/C(C)=C/CSC[C@H](N)C(=O)O)c1)C(C)C. The summed E-state index contributed by atoms with van der Waals surface area (Å²) in [7, 11) is 6.04. The summed E-state index contributed by atoms with van der Waals surface area (Å²) in [6.07, 6.45) is -2.12. The van der Waals surface area contributed by atoms with Crippen LogP contribution in [0.2, 0.25) is 0 Å². The Labute approximate surface area is 629 Å². The van der Waals surface area contributed by atoms with Crippen LogP contribution in [0.4, 0.5) is 4.79 Å². The molecule has 4 rings (SSSR count). The Balaban J connectivity index is 1.36. The average Bonchev–Trinajstić information content (AvgIpc) is 0.866. The summed E-state index contributed by atoms with van der Waals surface area (Å²) in [5, 5.41) is 63.2. The molecule has 2 aliphatic heterocycles. The van der Waals surface area contributed by atoms with Crippen molar-refractivity contribution in [3.63, 3.8) is 0 Å². The Morgan fingerprint density at radius 1 is 0.783 bits per heavy atom. The van der Waals surface area contributed by atoms with Gasteiger partial charge in [0.05, 0.1) is 74.3 Å². The van der Waals surface area contributed by atoms with Crippen LogP contribution < -0.4 is 26.4 Å². The zero-order valence-electron chi connectivity index (χ0n) is 64.6. The Morgan fingerprint density at radius 3 is 2.08 bits per heavy atom. The van der Waals surface area contributed by atoms with Crippen molar-refractivity contribution in [2.45, 2.75) is 220 Å². The summed E-state index contributed by atoms with van der Waals surface area (Å²) in [5.74, 6) is -5.86. The van der Waals surface area contributed by atoms with E-state index in [1.807, 2.05) is 65.0 Å². The minimum Gasteiger partial charge on any atom is -0.480 e. The summed E-state index contributed by atoms with van der Waals surface area (Å²) < 4.78 is 40.3. The molecule has 2 saturated heterocycles. The van der Waals surface area contributed by atoms with Gasteiger partial charge in [0.2, 0.25) is 29.9 Å². The first-order valence-corrected chi connectivity index (χ1v) is 37.8. The van der Waals surface area contributed by atoms with E-state index in [1.54, 1.807) is 46.8 Å². The fourth-order valence-corrected chi connectivity index (χ4v) is 13.7. The van der Waals surface area contributed by atoms with Crippen LogP contribution >= 0.6 is 11.8 Å². The number of allylic oxidation sites excluding steroid dienone is 3. The number of amides is 6. The number of nitrogens with two attached hydrogens (primary N) is 1. The quantitative estimate of drug-likeness (QED) is 0.0156. The molecular formula is C76H120N8O21S. The number of rotatable bonds is 47. The summed E-state index contributed by atoms with van der Waals surface area (Å²) in [5.41, 5.74) is 9.97. The van der Waals surface area contributed by atoms with Gasteiger partial charge < -0.3 is 95.0 Å². The van der Waals surface area contributed by atoms with Gasteiger partial charge in [-0.25, -0.2) is 9.59 Å². The van der Waals surface area contributed by atoms with Gasteiger partial charge in [-0.15, -0.1) is 0 Å². The smallest absolute Gasteiger partial charge is 0.410 e. The molecule has 2 heterocycles. The van der Waals surface area contributed by atoms with Gasteiger partial charge in [0.1, 0.15) is 55.4 Å². The Bertz CT molecular complexity index is 3200. The van der Waals surface area contributed by atoms with Gasteiger partial charge in [0.25, 0.3) is 5.91 Å². The summed E-state index contributed by atoms with van der Waals surface area (Å²) in [6.45, 7) is 21.5. The minimum atomic E-state index is -2.02. The van der Waals surface area contributed by atoms with E-state index >= 15 is 0 Å². The number of carboxylic acid groups (broad SMARTS) is 2. The Morgan fingerprint density at radius 2 is 1.45 bits per heavy atom. The Kier molecular flexibility index (Phi) is 40.3. The number of carboxylic acids is 2. The normalized spacial score (nSPS) is 20.5. The maximum atomic E-state index is 14.9. The van der Waals surface area contributed by atoms with Gasteiger partial charge >= 0.3 is 18.0 Å². The summed E-state index contributed by atoms with van der Waals surface area (Å²) >= 11 is 1.49. The second kappa shape index (κ2) is 46.8. The van der Waals surface area contributed by atoms with Gasteiger partial charge in [0, 0.05) is 59.0 Å². The van der Waals surface area contributed by atoms with Crippen LogP contribution in [0.15, 0.2) is 77.0 Å². The molecule has 596 valence electrons. The van der Waals surface area contributed by atoms with Gasteiger partial charge in [-0.3, -0.25) is 33.7 Å². The number of hydrogen-bond acceptors (Lipinski definition) is 22. The van der Waals surface area contributed by atoms with Crippen LogP contribution in [-0.4, -0.2) is 259 Å². The van der Waals surface area contributed by atoms with E-state index < -0.39 is 133 Å². The van der Waals surface area contributed by atoms with E-state index in [0.717, 1.165) is 41.9 Å². The molecule has 15 atom stereocenters. The number of benzene rings is 2. The van der Waals surface area contributed by atoms with Crippen molar-refractivity contribution >= 4 is 65.0 Å². The van der Waals surface area contributed by atoms with Crippen LogP contribution in [0.5, 0.6) is 5.75 Å². The Hall–Kier alpha value is -7.26. The lowest BCUT2D eigenvalue weighted by Crippen LogP contribution is -2.61. The highest BCUT2D eigenvalue weighted by Crippen LogP contribution is 2.32. The zero-order valence-corrected chi connectivity index (χ0v) is 65.4. The fraction of sp³-hybridized carbons (Fsp3) is 0.671. The highest BCUT2D eigenvalue weighted by molar-refractivity contribution is 7.99. The van der Waals surface area contributed by atoms with Crippen molar-refractivity contribution in [2.75, 3.05) is 85.9 Å². The molecule has 2 aromatic carbocycles. The number of hydrogen-bond donors (Lipinski definition) is 9. The summed E-state index contributed by atoms with van der Waals surface area (Å²) in [4.78, 5) is 118. The molecule has 0 unspecified atom stereocenters. The number of aliphatic carboxylic acids is 2. The third kappa shape index (κ3) is 29.0. The van der Waals surface area contributed by atoms with Crippen LogP contribution in [0.3, 0.4) is 0 Å². The third-order valence-corrected chi connectivity index (χ3v) is 20.1. The van der Waals surface area contributed by atoms with Crippen molar-refractivity contribution in [2.24, 2.45) is 34.6 Å². The largest absolute Gasteiger partial charge is 0.480 e. The molecular weight excluding hydrogens is 1390 g/mol. The number of methoxy groups -OCH3 is 2. The second-order valence-corrected chi connectivity index (χ2v) is 29.3. The second-order valence-electron chi connectivity index (χ2n) is 28.2. The highest BCUT2D eigenvalue weighted by Gasteiger charge is 2.49. The highest BCUT2D eigenvalue weighted by atomic mass is 32.2. The number of nitrogens with one attached hydrogen (secondary N) is 3. The lowest BCUT2D eigenvalue weighted by atomic mass is 9.89. The number of ether oxygens (including phenoxy) is 7. The molecule has 0 spiro atoms. The summed E-state index contributed by atoms with van der Waals surface area (Å²) in [6, 6.07) is 9.53. The molecule has 2 aliphatic rings. The van der Waals surface area contributed by atoms with Gasteiger partial charge in [0.15, 0.2) is 6.10 Å². The van der Waals surface area contributed by atoms with Crippen molar-refractivity contribution in [3.8, 4) is 5.75 Å². The molecule has 0 bridgehead atoms. The van der Waals surface area contributed by atoms with E-state index in [2.05, 4.69) is 47.1 Å². The van der Waals surface area contributed by atoms with E-state index in [4.69, 9.17) is 48.8 Å². The molecule has 0 radical (unpaired) electrons. The number of likely N-dealkylation sites (N-methyl/N-ethyl adjacent to an activating group) is 2. The number of thioether (sulfide) groups is 1. The molecule has 29 nitrogen and oxygen atoms in total. The molecule has 0 aliphatic carbocycles. The van der Waals surface area contributed by atoms with Crippen LogP contribution in [0.1, 0.15) is 149 Å². The van der Waals surface area contributed by atoms with E-state index in [-0.39, 0.29) is 86.7 Å². The zero-order chi connectivity index (χ0) is 78.9. The number of likely N-dealkylation sites (tertiary alicyclic amines) is 1. The lowest BCUT2D eigenvalue weighted by Gasteiger charge is -2.41. The number of oxime groups is 1. The predicted octanol–water partition coefficient (Wildman–Crippen LogP) is 6.11. The van der Waals surface area contributed by atoms with Crippen molar-refractivity contribution in [1.82, 2.24) is 30.7 Å². The molecule has 0 saturated carbocycles. The maximum Gasteiger partial charge on any atom is 0.410 e. The number of nitrogens with zero attached hydrogens (tertiary/aromatic N) is 4. The third-order valence-electron chi connectivity index (χ3n) is 19.1. The molecule has 6 amide bonds.